The summed E-state index contributed by atoms with van der Waals surface area (Å²) in [5, 5.41) is 10.5. The second kappa shape index (κ2) is 13.8. The topological polar surface area (TPSA) is 71.0 Å². The summed E-state index contributed by atoms with van der Waals surface area (Å²) in [6, 6.07) is 11.8. The van der Waals surface area contributed by atoms with E-state index in [2.05, 4.69) is 57.7 Å². The molecule has 0 aromatic carbocycles. The molecule has 2 aromatic heterocycles. The highest BCUT2D eigenvalue weighted by atomic mass is 79.9. The molecule has 9 heteroatoms. The lowest BCUT2D eigenvalue weighted by molar-refractivity contribution is -0.0372. The van der Waals surface area contributed by atoms with Crippen LogP contribution < -0.4 is 0 Å². The molecule has 0 bridgehead atoms. The molecule has 182 valence electrons. The third-order valence-electron chi connectivity index (χ3n) is 5.75. The van der Waals surface area contributed by atoms with Gasteiger partial charge in [0.05, 0.1) is 50.0 Å². The lowest BCUT2D eigenvalue weighted by atomic mass is 9.95. The van der Waals surface area contributed by atoms with Gasteiger partial charge in [-0.05, 0) is 62.0 Å². The van der Waals surface area contributed by atoms with Crippen LogP contribution in [0.15, 0.2) is 45.6 Å². The summed E-state index contributed by atoms with van der Waals surface area (Å²) in [6.45, 7) is 11.8. The summed E-state index contributed by atoms with van der Waals surface area (Å²) >= 11 is 6.78. The van der Waals surface area contributed by atoms with Crippen LogP contribution in [0.5, 0.6) is 0 Å². The quantitative estimate of drug-likeness (QED) is 0.515. The van der Waals surface area contributed by atoms with Crippen molar-refractivity contribution in [3.05, 3.63) is 57.0 Å². The maximum atomic E-state index is 10.5. The van der Waals surface area contributed by atoms with E-state index in [0.29, 0.717) is 0 Å². The van der Waals surface area contributed by atoms with Crippen molar-refractivity contribution in [1.82, 2.24) is 19.8 Å². The van der Waals surface area contributed by atoms with Crippen molar-refractivity contribution >= 4 is 31.9 Å². The van der Waals surface area contributed by atoms with Crippen LogP contribution in [0.2, 0.25) is 0 Å². The van der Waals surface area contributed by atoms with Crippen LogP contribution in [0, 0.1) is 5.92 Å². The minimum atomic E-state index is -0.431. The molecule has 2 aromatic rings. The van der Waals surface area contributed by atoms with Gasteiger partial charge in [-0.2, -0.15) is 0 Å². The Bertz CT molecular complexity index is 846. The number of nitrogens with zero attached hydrogens (tertiary/aromatic N) is 4. The first-order chi connectivity index (χ1) is 15.9. The third kappa shape index (κ3) is 8.65. The van der Waals surface area contributed by atoms with Crippen LogP contribution in [0.3, 0.4) is 0 Å². The van der Waals surface area contributed by atoms with Gasteiger partial charge >= 0.3 is 0 Å². The molecule has 2 aliphatic heterocycles. The van der Waals surface area contributed by atoms with Gasteiger partial charge in [0.25, 0.3) is 0 Å². The number of pyridine rings is 2. The highest BCUT2D eigenvalue weighted by Gasteiger charge is 2.31. The number of morpholine rings is 2. The number of aliphatic hydroxyl groups excluding tert-OH is 1. The molecule has 2 aliphatic rings. The number of aromatic nitrogens is 2. The van der Waals surface area contributed by atoms with Crippen molar-refractivity contribution in [1.29, 1.82) is 0 Å². The van der Waals surface area contributed by atoms with Crippen LogP contribution in [-0.4, -0.2) is 83.6 Å². The van der Waals surface area contributed by atoms with E-state index in [1.807, 2.05) is 44.2 Å². The summed E-state index contributed by atoms with van der Waals surface area (Å²) in [6.07, 6.45) is -0.431. The van der Waals surface area contributed by atoms with Crippen molar-refractivity contribution in [2.24, 2.45) is 5.92 Å². The van der Waals surface area contributed by atoms with Crippen molar-refractivity contribution in [2.45, 2.75) is 32.5 Å². The van der Waals surface area contributed by atoms with E-state index in [4.69, 9.17) is 9.47 Å². The highest BCUT2D eigenvalue weighted by molar-refractivity contribution is 9.10. The zero-order chi connectivity index (χ0) is 23.6. The van der Waals surface area contributed by atoms with Gasteiger partial charge in [0, 0.05) is 32.7 Å². The fraction of sp³-hybridized carbons (Fsp3) is 0.583. The fourth-order valence-corrected chi connectivity index (χ4v) is 4.65. The predicted octanol–water partition coefficient (Wildman–Crippen LogP) is 3.91. The Morgan fingerprint density at radius 1 is 0.879 bits per heavy atom. The molecule has 2 unspecified atom stereocenters. The van der Waals surface area contributed by atoms with E-state index in [0.717, 1.165) is 79.7 Å². The van der Waals surface area contributed by atoms with Crippen molar-refractivity contribution < 1.29 is 14.6 Å². The monoisotopic (exact) mass is 584 g/mol. The number of aliphatic hydroxyl groups is 1. The van der Waals surface area contributed by atoms with Gasteiger partial charge in [0.1, 0.15) is 9.21 Å². The van der Waals surface area contributed by atoms with E-state index >= 15 is 0 Å². The Morgan fingerprint density at radius 2 is 1.45 bits per heavy atom. The standard InChI is InChI=1S/C14H21BrN2O2.C10H13BrN2O/c1-10(2)14(18)13(17-6-8-19-9-7-17)11-4-3-5-12(15)16-11;11-10-3-1-2-9(12-10)8-13-4-6-14-7-5-13/h3-5,10,13-14,18H,6-9H2,1-2H3;1-3H,4-8H2. The summed E-state index contributed by atoms with van der Waals surface area (Å²) in [4.78, 5) is 13.6. The summed E-state index contributed by atoms with van der Waals surface area (Å²) in [5.41, 5.74) is 2.03. The summed E-state index contributed by atoms with van der Waals surface area (Å²) in [5.74, 6) is 0.189. The Morgan fingerprint density at radius 3 is 2.03 bits per heavy atom. The Balaban J connectivity index is 0.000000194. The molecule has 1 N–H and O–H groups in total. The van der Waals surface area contributed by atoms with Crippen molar-refractivity contribution in [3.8, 4) is 0 Å². The first kappa shape index (κ1) is 26.7. The predicted molar refractivity (Wildman–Crippen MR) is 136 cm³/mol. The molecule has 33 heavy (non-hydrogen) atoms. The van der Waals surface area contributed by atoms with Crippen LogP contribution in [0.4, 0.5) is 0 Å². The maximum absolute atomic E-state index is 10.5. The van der Waals surface area contributed by atoms with Crippen LogP contribution in [0.1, 0.15) is 31.3 Å². The van der Waals surface area contributed by atoms with E-state index in [9.17, 15) is 5.11 Å². The van der Waals surface area contributed by atoms with Crippen molar-refractivity contribution in [3.63, 3.8) is 0 Å². The zero-order valence-corrected chi connectivity index (χ0v) is 22.5. The molecule has 0 saturated carbocycles. The summed E-state index contributed by atoms with van der Waals surface area (Å²) in [7, 11) is 0. The molecule has 4 heterocycles. The molecular weight excluding hydrogens is 552 g/mol. The Labute approximate surface area is 213 Å². The van der Waals surface area contributed by atoms with Gasteiger partial charge < -0.3 is 14.6 Å². The molecule has 0 spiro atoms. The molecule has 7 nitrogen and oxygen atoms in total. The highest BCUT2D eigenvalue weighted by Crippen LogP contribution is 2.28. The van der Waals surface area contributed by atoms with Gasteiger partial charge in [-0.3, -0.25) is 9.80 Å². The molecule has 0 amide bonds. The van der Waals surface area contributed by atoms with Crippen LogP contribution >= 0.6 is 31.9 Å². The number of hydrogen-bond acceptors (Lipinski definition) is 7. The Hall–Kier alpha value is -0.940. The number of rotatable bonds is 6. The zero-order valence-electron chi connectivity index (χ0n) is 19.4. The molecule has 0 radical (unpaired) electrons. The minimum Gasteiger partial charge on any atom is -0.391 e. The first-order valence-electron chi connectivity index (χ1n) is 11.5. The van der Waals surface area contributed by atoms with Gasteiger partial charge in [-0.1, -0.05) is 26.0 Å². The smallest absolute Gasteiger partial charge is 0.106 e. The average molecular weight is 586 g/mol. The minimum absolute atomic E-state index is 0.0681. The first-order valence-corrected chi connectivity index (χ1v) is 13.1. The maximum Gasteiger partial charge on any atom is 0.106 e. The number of ether oxygens (including phenoxy) is 2. The molecule has 4 rings (SSSR count). The van der Waals surface area contributed by atoms with Gasteiger partial charge in [0.2, 0.25) is 0 Å². The van der Waals surface area contributed by atoms with Crippen LogP contribution in [0.25, 0.3) is 0 Å². The molecular formula is C24H34Br2N4O3. The molecule has 2 fully saturated rings. The van der Waals surface area contributed by atoms with E-state index in [1.165, 1.54) is 0 Å². The lowest BCUT2D eigenvalue weighted by Gasteiger charge is -2.38. The number of halogens is 2. The third-order valence-corrected chi connectivity index (χ3v) is 6.63. The SMILES string of the molecule is Brc1cccc(CN2CCOCC2)n1.CC(C)C(O)C(c1cccc(Br)n1)N1CCOCC1. The number of hydrogen-bond donors (Lipinski definition) is 1. The molecule has 2 atom stereocenters. The fourth-order valence-electron chi connectivity index (χ4n) is 3.91. The summed E-state index contributed by atoms with van der Waals surface area (Å²) < 4.78 is 12.4. The van der Waals surface area contributed by atoms with Gasteiger partial charge in [-0.25, -0.2) is 9.97 Å². The molecule has 0 aliphatic carbocycles. The van der Waals surface area contributed by atoms with E-state index in [-0.39, 0.29) is 12.0 Å². The average Bonchev–Trinajstić information content (AvgIpc) is 2.81. The van der Waals surface area contributed by atoms with Crippen LogP contribution in [-0.2, 0) is 16.0 Å². The van der Waals surface area contributed by atoms with Gasteiger partial charge in [0.15, 0.2) is 0 Å². The van der Waals surface area contributed by atoms with E-state index in [1.54, 1.807) is 0 Å². The van der Waals surface area contributed by atoms with Crippen molar-refractivity contribution in [2.75, 3.05) is 52.6 Å². The second-order valence-corrected chi connectivity index (χ2v) is 10.2. The lowest BCUT2D eigenvalue weighted by Crippen LogP contribution is -2.45. The van der Waals surface area contributed by atoms with E-state index < -0.39 is 6.10 Å². The second-order valence-electron chi connectivity index (χ2n) is 8.55. The molecule has 2 saturated heterocycles. The largest absolute Gasteiger partial charge is 0.391 e. The Kier molecular flexibility index (Phi) is 11.2. The van der Waals surface area contributed by atoms with Gasteiger partial charge in [-0.15, -0.1) is 0 Å². The normalized spacial score (nSPS) is 19.6.